The second-order valence-corrected chi connectivity index (χ2v) is 6.78. The lowest BCUT2D eigenvalue weighted by Crippen LogP contribution is -2.28. The number of nitrogens with two attached hydrogens (primary N) is 1. The summed E-state index contributed by atoms with van der Waals surface area (Å²) in [5.41, 5.74) is 8.20. The van der Waals surface area contributed by atoms with Gasteiger partial charge in [0.2, 0.25) is 0 Å². The Labute approximate surface area is 126 Å². The molecule has 0 bridgehead atoms. The summed E-state index contributed by atoms with van der Waals surface area (Å²) in [6.07, 6.45) is 5.65. The Morgan fingerprint density at radius 2 is 1.71 bits per heavy atom. The second kappa shape index (κ2) is 5.47. The van der Waals surface area contributed by atoms with Gasteiger partial charge < -0.3 is 10.2 Å². The number of rotatable bonds is 7. The minimum absolute atomic E-state index is 0.491. The molecule has 2 saturated carbocycles. The van der Waals surface area contributed by atoms with E-state index in [-0.39, 0.29) is 0 Å². The van der Waals surface area contributed by atoms with Crippen LogP contribution in [0.15, 0.2) is 28.7 Å². The lowest BCUT2D eigenvalue weighted by atomic mass is 10.1. The smallest absolute Gasteiger partial charge is 0.134 e. The molecule has 0 radical (unpaired) electrons. The summed E-state index contributed by atoms with van der Waals surface area (Å²) in [5, 5.41) is 1.24. The van der Waals surface area contributed by atoms with Gasteiger partial charge in [0.05, 0.1) is 6.54 Å². The van der Waals surface area contributed by atoms with Crippen molar-refractivity contribution >= 4 is 11.0 Å². The standard InChI is InChI=1S/C18H24N2O/c19-9-18-16(15-3-1-2-4-17(15)21-18)12-20(10-13-5-6-13)11-14-7-8-14/h1-4,13-14H,5-12,19H2. The predicted molar refractivity (Wildman–Crippen MR) is 84.8 cm³/mol. The highest BCUT2D eigenvalue weighted by molar-refractivity contribution is 5.82. The highest BCUT2D eigenvalue weighted by Crippen LogP contribution is 2.35. The van der Waals surface area contributed by atoms with E-state index in [9.17, 15) is 0 Å². The van der Waals surface area contributed by atoms with Gasteiger partial charge in [0.25, 0.3) is 0 Å². The minimum Gasteiger partial charge on any atom is -0.459 e. The van der Waals surface area contributed by atoms with Crippen LogP contribution in [0, 0.1) is 11.8 Å². The third kappa shape index (κ3) is 2.99. The number of benzene rings is 1. The van der Waals surface area contributed by atoms with Gasteiger partial charge in [-0.15, -0.1) is 0 Å². The van der Waals surface area contributed by atoms with Gasteiger partial charge in [-0.05, 0) is 43.6 Å². The van der Waals surface area contributed by atoms with E-state index in [4.69, 9.17) is 10.2 Å². The maximum absolute atomic E-state index is 5.94. The topological polar surface area (TPSA) is 42.4 Å². The molecule has 2 aliphatic carbocycles. The number of hydrogen-bond donors (Lipinski definition) is 1. The Kier molecular flexibility index (Phi) is 3.48. The van der Waals surface area contributed by atoms with E-state index in [1.807, 2.05) is 12.1 Å². The van der Waals surface area contributed by atoms with Gasteiger partial charge in [0.1, 0.15) is 11.3 Å². The average Bonchev–Trinajstić information content (AvgIpc) is 3.41. The summed E-state index contributed by atoms with van der Waals surface area (Å²) in [6.45, 7) is 3.99. The van der Waals surface area contributed by atoms with Crippen LogP contribution in [0.3, 0.4) is 0 Å². The summed E-state index contributed by atoms with van der Waals surface area (Å²) in [5.74, 6) is 2.83. The first kappa shape index (κ1) is 13.4. The molecule has 112 valence electrons. The monoisotopic (exact) mass is 284 g/mol. The molecule has 0 amide bonds. The summed E-state index contributed by atoms with van der Waals surface area (Å²) in [6, 6.07) is 8.33. The Morgan fingerprint density at radius 1 is 1.05 bits per heavy atom. The van der Waals surface area contributed by atoms with Crippen LogP contribution in [0.2, 0.25) is 0 Å². The highest BCUT2D eigenvalue weighted by atomic mass is 16.3. The van der Waals surface area contributed by atoms with E-state index >= 15 is 0 Å². The quantitative estimate of drug-likeness (QED) is 0.846. The lowest BCUT2D eigenvalue weighted by Gasteiger charge is -2.22. The van der Waals surface area contributed by atoms with Gasteiger partial charge in [-0.25, -0.2) is 0 Å². The fourth-order valence-electron chi connectivity index (χ4n) is 3.25. The van der Waals surface area contributed by atoms with Crippen molar-refractivity contribution in [2.75, 3.05) is 13.1 Å². The van der Waals surface area contributed by atoms with E-state index < -0.39 is 0 Å². The molecule has 3 nitrogen and oxygen atoms in total. The zero-order chi connectivity index (χ0) is 14.2. The van der Waals surface area contributed by atoms with Crippen molar-refractivity contribution in [1.29, 1.82) is 0 Å². The molecule has 2 fully saturated rings. The Balaban J connectivity index is 1.60. The number of hydrogen-bond acceptors (Lipinski definition) is 3. The minimum atomic E-state index is 0.491. The first-order valence-electron chi connectivity index (χ1n) is 8.25. The third-order valence-corrected chi connectivity index (χ3v) is 4.78. The number of nitrogens with zero attached hydrogens (tertiary/aromatic N) is 1. The van der Waals surface area contributed by atoms with E-state index in [1.165, 1.54) is 49.7 Å². The Bertz CT molecular complexity index is 611. The second-order valence-electron chi connectivity index (χ2n) is 6.78. The molecule has 0 atom stereocenters. The molecule has 4 rings (SSSR count). The molecule has 21 heavy (non-hydrogen) atoms. The Morgan fingerprint density at radius 3 is 2.33 bits per heavy atom. The van der Waals surface area contributed by atoms with Crippen LogP contribution < -0.4 is 5.73 Å². The van der Waals surface area contributed by atoms with Crippen molar-refractivity contribution in [2.24, 2.45) is 17.6 Å². The SMILES string of the molecule is NCc1oc2ccccc2c1CN(CC1CC1)CC1CC1. The van der Waals surface area contributed by atoms with Gasteiger partial charge in [0.15, 0.2) is 0 Å². The molecule has 1 aromatic heterocycles. The number of fused-ring (bicyclic) bond motifs is 1. The molecular formula is C18H24N2O. The van der Waals surface area contributed by atoms with Gasteiger partial charge in [-0.3, -0.25) is 4.90 Å². The van der Waals surface area contributed by atoms with Crippen LogP contribution in [0.4, 0.5) is 0 Å². The summed E-state index contributed by atoms with van der Waals surface area (Å²) in [7, 11) is 0. The largest absolute Gasteiger partial charge is 0.459 e. The maximum Gasteiger partial charge on any atom is 0.134 e. The van der Waals surface area contributed by atoms with Crippen LogP contribution in [0.25, 0.3) is 11.0 Å². The molecule has 3 heteroatoms. The van der Waals surface area contributed by atoms with Crippen LogP contribution >= 0.6 is 0 Å². The fourth-order valence-corrected chi connectivity index (χ4v) is 3.25. The average molecular weight is 284 g/mol. The van der Waals surface area contributed by atoms with Crippen molar-refractivity contribution < 1.29 is 4.42 Å². The van der Waals surface area contributed by atoms with E-state index in [2.05, 4.69) is 17.0 Å². The molecular weight excluding hydrogens is 260 g/mol. The molecule has 0 spiro atoms. The summed E-state index contributed by atoms with van der Waals surface area (Å²) < 4.78 is 5.94. The zero-order valence-electron chi connectivity index (χ0n) is 12.6. The van der Waals surface area contributed by atoms with Crippen molar-refractivity contribution in [3.05, 3.63) is 35.6 Å². The van der Waals surface area contributed by atoms with Crippen molar-refractivity contribution in [3.8, 4) is 0 Å². The molecule has 0 unspecified atom stereocenters. The Hall–Kier alpha value is -1.32. The van der Waals surface area contributed by atoms with Crippen molar-refractivity contribution in [1.82, 2.24) is 4.90 Å². The molecule has 1 heterocycles. The molecule has 1 aromatic carbocycles. The van der Waals surface area contributed by atoms with Crippen molar-refractivity contribution in [2.45, 2.75) is 38.8 Å². The molecule has 0 saturated heterocycles. The maximum atomic E-state index is 5.94. The van der Waals surface area contributed by atoms with Crippen LogP contribution in [-0.4, -0.2) is 18.0 Å². The van der Waals surface area contributed by atoms with Crippen molar-refractivity contribution in [3.63, 3.8) is 0 Å². The number of para-hydroxylation sites is 1. The van der Waals surface area contributed by atoms with Gasteiger partial charge >= 0.3 is 0 Å². The first-order chi connectivity index (χ1) is 10.3. The molecule has 2 aromatic rings. The number of furan rings is 1. The summed E-state index contributed by atoms with van der Waals surface area (Å²) >= 11 is 0. The van der Waals surface area contributed by atoms with Gasteiger partial charge in [-0.2, -0.15) is 0 Å². The van der Waals surface area contributed by atoms with Crippen LogP contribution in [-0.2, 0) is 13.1 Å². The van der Waals surface area contributed by atoms with E-state index in [0.29, 0.717) is 6.54 Å². The first-order valence-corrected chi connectivity index (χ1v) is 8.25. The van der Waals surface area contributed by atoms with Crippen LogP contribution in [0.1, 0.15) is 37.0 Å². The zero-order valence-corrected chi connectivity index (χ0v) is 12.6. The van der Waals surface area contributed by atoms with E-state index in [1.54, 1.807) is 0 Å². The fraction of sp³-hybridized carbons (Fsp3) is 0.556. The van der Waals surface area contributed by atoms with Gasteiger partial charge in [0, 0.05) is 30.6 Å². The lowest BCUT2D eigenvalue weighted by molar-refractivity contribution is 0.243. The highest BCUT2D eigenvalue weighted by Gasteiger charge is 2.30. The normalized spacial score (nSPS) is 18.8. The van der Waals surface area contributed by atoms with E-state index in [0.717, 1.165) is 29.7 Å². The molecule has 2 N–H and O–H groups in total. The third-order valence-electron chi connectivity index (χ3n) is 4.78. The van der Waals surface area contributed by atoms with Crippen LogP contribution in [0.5, 0.6) is 0 Å². The predicted octanol–water partition coefficient (Wildman–Crippen LogP) is 3.51. The molecule has 2 aliphatic rings. The molecule has 0 aliphatic heterocycles. The van der Waals surface area contributed by atoms with Gasteiger partial charge in [-0.1, -0.05) is 18.2 Å². The summed E-state index contributed by atoms with van der Waals surface area (Å²) in [4.78, 5) is 2.64.